The van der Waals surface area contributed by atoms with Crippen LogP contribution in [0.1, 0.15) is 39.0 Å². The van der Waals surface area contributed by atoms with Crippen LogP contribution in [0.25, 0.3) is 0 Å². The number of rotatable bonds is 3. The lowest BCUT2D eigenvalue weighted by molar-refractivity contribution is -0.150. The number of cyclic esters (lactones) is 1. The Morgan fingerprint density at radius 2 is 2.50 bits per heavy atom. The molecule has 0 aliphatic carbocycles. The molecule has 1 heterocycles. The third-order valence-corrected chi connectivity index (χ3v) is 1.96. The molecular weight excluding hydrogens is 152 g/mol. The van der Waals surface area contributed by atoms with Crippen molar-refractivity contribution in [1.29, 1.82) is 0 Å². The normalized spacial score (nSPS) is 24.4. The molecule has 1 aliphatic rings. The molecule has 0 aromatic carbocycles. The molecule has 2 nitrogen and oxygen atoms in total. The van der Waals surface area contributed by atoms with Gasteiger partial charge in [0.05, 0.1) is 0 Å². The van der Waals surface area contributed by atoms with Gasteiger partial charge in [0.25, 0.3) is 0 Å². The minimum atomic E-state index is -0.0487. The molecule has 0 amide bonds. The highest BCUT2D eigenvalue weighted by atomic mass is 16.5. The van der Waals surface area contributed by atoms with Gasteiger partial charge in [-0.3, -0.25) is 4.79 Å². The second-order valence-corrected chi connectivity index (χ2v) is 3.14. The first-order chi connectivity index (χ1) is 5.83. The second kappa shape index (κ2) is 4.96. The van der Waals surface area contributed by atoms with Gasteiger partial charge in [0.1, 0.15) is 6.10 Å². The number of unbranched alkanes of at least 4 members (excludes halogenated alkanes) is 1. The highest BCUT2D eigenvalue weighted by molar-refractivity contribution is 5.70. The van der Waals surface area contributed by atoms with Gasteiger partial charge in [-0.1, -0.05) is 19.4 Å². The van der Waals surface area contributed by atoms with Crippen molar-refractivity contribution in [3.63, 3.8) is 0 Å². The zero-order valence-corrected chi connectivity index (χ0v) is 7.58. The van der Waals surface area contributed by atoms with E-state index >= 15 is 0 Å². The number of carbonyl (C=O) groups is 1. The summed E-state index contributed by atoms with van der Waals surface area (Å²) in [6.07, 6.45) is 8.96. The maximum Gasteiger partial charge on any atom is 0.306 e. The SMILES string of the molecule is CCC/C=C/C1CCCC(=O)O1. The maximum absolute atomic E-state index is 10.9. The van der Waals surface area contributed by atoms with Gasteiger partial charge in [0, 0.05) is 6.42 Å². The standard InChI is InChI=1S/C10H16O2/c1-2-3-4-6-9-7-5-8-10(11)12-9/h4,6,9H,2-3,5,7-8H2,1H3/b6-4+. The predicted molar refractivity (Wildman–Crippen MR) is 47.8 cm³/mol. The molecule has 0 radical (unpaired) electrons. The second-order valence-electron chi connectivity index (χ2n) is 3.14. The Bertz CT molecular complexity index is 173. The van der Waals surface area contributed by atoms with Crippen molar-refractivity contribution in [2.24, 2.45) is 0 Å². The molecule has 0 aromatic heterocycles. The first-order valence-electron chi connectivity index (χ1n) is 4.69. The van der Waals surface area contributed by atoms with Crippen molar-refractivity contribution in [3.8, 4) is 0 Å². The van der Waals surface area contributed by atoms with Crippen LogP contribution in [0, 0.1) is 0 Å². The quantitative estimate of drug-likeness (QED) is 0.478. The van der Waals surface area contributed by atoms with Crippen molar-refractivity contribution in [1.82, 2.24) is 0 Å². The first kappa shape index (κ1) is 9.30. The summed E-state index contributed by atoms with van der Waals surface area (Å²) in [6, 6.07) is 0. The summed E-state index contributed by atoms with van der Waals surface area (Å²) in [7, 11) is 0. The summed E-state index contributed by atoms with van der Waals surface area (Å²) in [4.78, 5) is 10.9. The van der Waals surface area contributed by atoms with E-state index < -0.39 is 0 Å². The Morgan fingerprint density at radius 1 is 1.67 bits per heavy atom. The van der Waals surface area contributed by atoms with E-state index in [2.05, 4.69) is 13.0 Å². The fourth-order valence-corrected chi connectivity index (χ4v) is 1.28. The van der Waals surface area contributed by atoms with Crippen molar-refractivity contribution in [2.75, 3.05) is 0 Å². The van der Waals surface area contributed by atoms with E-state index in [1.165, 1.54) is 0 Å². The molecule has 1 aliphatic heterocycles. The molecule has 1 saturated heterocycles. The summed E-state index contributed by atoms with van der Waals surface area (Å²) < 4.78 is 5.11. The molecule has 0 saturated carbocycles. The molecule has 1 fully saturated rings. The van der Waals surface area contributed by atoms with Gasteiger partial charge >= 0.3 is 5.97 Å². The molecule has 12 heavy (non-hydrogen) atoms. The molecule has 0 spiro atoms. The summed E-state index contributed by atoms with van der Waals surface area (Å²) in [5.41, 5.74) is 0. The Morgan fingerprint density at radius 3 is 3.17 bits per heavy atom. The minimum Gasteiger partial charge on any atom is -0.458 e. The van der Waals surface area contributed by atoms with E-state index in [1.54, 1.807) is 0 Å². The third kappa shape index (κ3) is 3.07. The molecule has 2 heteroatoms. The highest BCUT2D eigenvalue weighted by Gasteiger charge is 2.16. The van der Waals surface area contributed by atoms with Crippen molar-refractivity contribution >= 4 is 5.97 Å². The molecular formula is C10H16O2. The van der Waals surface area contributed by atoms with Crippen LogP contribution in [0.2, 0.25) is 0 Å². The van der Waals surface area contributed by atoms with Crippen molar-refractivity contribution < 1.29 is 9.53 Å². The molecule has 68 valence electrons. The molecule has 0 bridgehead atoms. The smallest absolute Gasteiger partial charge is 0.306 e. The van der Waals surface area contributed by atoms with Crippen LogP contribution < -0.4 is 0 Å². The van der Waals surface area contributed by atoms with Crippen LogP contribution in [-0.2, 0) is 9.53 Å². The van der Waals surface area contributed by atoms with Crippen LogP contribution in [0.5, 0.6) is 0 Å². The van der Waals surface area contributed by atoms with Gasteiger partial charge in [0.15, 0.2) is 0 Å². The number of hydrogen-bond donors (Lipinski definition) is 0. The van der Waals surface area contributed by atoms with Crippen molar-refractivity contribution in [3.05, 3.63) is 12.2 Å². The van der Waals surface area contributed by atoms with Crippen LogP contribution in [0.15, 0.2) is 12.2 Å². The number of allylic oxidation sites excluding steroid dienone is 1. The van der Waals surface area contributed by atoms with Crippen LogP contribution in [0.4, 0.5) is 0 Å². The van der Waals surface area contributed by atoms with Crippen LogP contribution in [-0.4, -0.2) is 12.1 Å². The third-order valence-electron chi connectivity index (χ3n) is 1.96. The summed E-state index contributed by atoms with van der Waals surface area (Å²) in [6.45, 7) is 2.14. The Labute approximate surface area is 73.6 Å². The lowest BCUT2D eigenvalue weighted by Crippen LogP contribution is -2.21. The molecule has 1 rings (SSSR count). The summed E-state index contributed by atoms with van der Waals surface area (Å²) in [5, 5.41) is 0. The topological polar surface area (TPSA) is 26.3 Å². The number of ether oxygens (including phenoxy) is 1. The van der Waals surface area contributed by atoms with Crippen molar-refractivity contribution in [2.45, 2.75) is 45.1 Å². The number of hydrogen-bond acceptors (Lipinski definition) is 2. The Kier molecular flexibility index (Phi) is 3.85. The van der Waals surface area contributed by atoms with Crippen LogP contribution in [0.3, 0.4) is 0 Å². The summed E-state index contributed by atoms with van der Waals surface area (Å²) >= 11 is 0. The fraction of sp³-hybridized carbons (Fsp3) is 0.700. The van der Waals surface area contributed by atoms with E-state index in [9.17, 15) is 4.79 Å². The molecule has 0 aromatic rings. The van der Waals surface area contributed by atoms with Gasteiger partial charge in [0.2, 0.25) is 0 Å². The van der Waals surface area contributed by atoms with E-state index in [0.29, 0.717) is 6.42 Å². The molecule has 1 atom stereocenters. The largest absolute Gasteiger partial charge is 0.458 e. The van der Waals surface area contributed by atoms with Crippen LogP contribution >= 0.6 is 0 Å². The summed E-state index contributed by atoms with van der Waals surface area (Å²) in [5.74, 6) is -0.0487. The first-order valence-corrected chi connectivity index (χ1v) is 4.69. The zero-order chi connectivity index (χ0) is 8.81. The van der Waals surface area contributed by atoms with Gasteiger partial charge in [-0.05, 0) is 25.3 Å². The Hall–Kier alpha value is -0.790. The van der Waals surface area contributed by atoms with E-state index in [-0.39, 0.29) is 12.1 Å². The molecule has 0 N–H and O–H groups in total. The lowest BCUT2D eigenvalue weighted by Gasteiger charge is -2.18. The maximum atomic E-state index is 10.9. The van der Waals surface area contributed by atoms with E-state index in [1.807, 2.05) is 6.08 Å². The van der Waals surface area contributed by atoms with Gasteiger partial charge in [-0.25, -0.2) is 0 Å². The predicted octanol–water partition coefficient (Wildman–Crippen LogP) is 2.44. The Balaban J connectivity index is 2.26. The van der Waals surface area contributed by atoms with E-state index in [0.717, 1.165) is 25.7 Å². The average molecular weight is 168 g/mol. The zero-order valence-electron chi connectivity index (χ0n) is 7.58. The highest BCUT2D eigenvalue weighted by Crippen LogP contribution is 2.15. The average Bonchev–Trinajstić information content (AvgIpc) is 2.05. The van der Waals surface area contributed by atoms with E-state index in [4.69, 9.17) is 4.74 Å². The monoisotopic (exact) mass is 168 g/mol. The van der Waals surface area contributed by atoms with Gasteiger partial charge < -0.3 is 4.74 Å². The van der Waals surface area contributed by atoms with Gasteiger partial charge in [-0.15, -0.1) is 0 Å². The minimum absolute atomic E-state index is 0.0487. The number of carbonyl (C=O) groups excluding carboxylic acids is 1. The fourth-order valence-electron chi connectivity index (χ4n) is 1.28. The lowest BCUT2D eigenvalue weighted by atomic mass is 10.1. The number of esters is 1. The molecule has 1 unspecified atom stereocenters. The van der Waals surface area contributed by atoms with Gasteiger partial charge in [-0.2, -0.15) is 0 Å².